The number of ether oxygens (including phenoxy) is 2. The van der Waals surface area contributed by atoms with Gasteiger partial charge in [-0.05, 0) is 20.8 Å². The van der Waals surface area contributed by atoms with Gasteiger partial charge in [-0.25, -0.2) is 4.79 Å². The maximum Gasteiger partial charge on any atom is 0.352 e. The molecule has 4 amide bonds. The van der Waals surface area contributed by atoms with Crippen LogP contribution in [0.15, 0.2) is 0 Å². The number of imide groups is 1. The van der Waals surface area contributed by atoms with Gasteiger partial charge in [-0.15, -0.1) is 5.06 Å². The number of nitrogens with one attached hydrogen (secondary N) is 2. The topological polar surface area (TPSA) is 181 Å². The normalized spacial score (nSPS) is 14.7. The number of rotatable bonds is 11. The summed E-state index contributed by atoms with van der Waals surface area (Å²) in [6.45, 7) is 2.70. The van der Waals surface area contributed by atoms with Crippen molar-refractivity contribution in [2.24, 2.45) is 0 Å². The molecule has 0 aromatic heterocycles. The second-order valence-corrected chi connectivity index (χ2v) is 7.61. The summed E-state index contributed by atoms with van der Waals surface area (Å²) >= 11 is 0. The standard InChI is InChI=1S/C18H28N4O10/c1-18(2,3)31-17(29)20-7-11(23)19-8-14(26)21(9-15(27)30-4)10-16(28)32-22-12(24)5-6-13(22)25/h17,20,29H,5-10H2,1-4H3,(H,19,23). The van der Waals surface area contributed by atoms with E-state index in [1.807, 2.05) is 0 Å². The van der Waals surface area contributed by atoms with Gasteiger partial charge in [0.25, 0.3) is 11.8 Å². The highest BCUT2D eigenvalue weighted by molar-refractivity contribution is 6.01. The second-order valence-electron chi connectivity index (χ2n) is 7.61. The molecule has 1 fully saturated rings. The Labute approximate surface area is 184 Å². The summed E-state index contributed by atoms with van der Waals surface area (Å²) in [5, 5.41) is 14.6. The highest BCUT2D eigenvalue weighted by atomic mass is 16.7. The molecule has 0 spiro atoms. The Morgan fingerprint density at radius 2 is 1.62 bits per heavy atom. The lowest BCUT2D eigenvalue weighted by Gasteiger charge is -2.24. The van der Waals surface area contributed by atoms with Gasteiger partial charge in [0.15, 0.2) is 0 Å². The van der Waals surface area contributed by atoms with E-state index >= 15 is 0 Å². The largest absolute Gasteiger partial charge is 0.468 e. The van der Waals surface area contributed by atoms with Crippen LogP contribution in [0.5, 0.6) is 0 Å². The summed E-state index contributed by atoms with van der Waals surface area (Å²) in [7, 11) is 1.07. The number of hydroxylamine groups is 2. The Kier molecular flexibility index (Phi) is 10.2. The molecular weight excluding hydrogens is 432 g/mol. The predicted molar refractivity (Wildman–Crippen MR) is 104 cm³/mol. The fraction of sp³-hybridized carbons (Fsp3) is 0.667. The Balaban J connectivity index is 2.58. The Bertz CT molecular complexity index is 733. The van der Waals surface area contributed by atoms with Crippen LogP contribution in [-0.2, 0) is 43.1 Å². The average molecular weight is 460 g/mol. The number of carbonyl (C=O) groups excluding carboxylic acids is 6. The van der Waals surface area contributed by atoms with E-state index in [0.29, 0.717) is 5.06 Å². The van der Waals surface area contributed by atoms with E-state index in [1.165, 1.54) is 0 Å². The molecule has 1 rings (SSSR count). The zero-order valence-electron chi connectivity index (χ0n) is 18.3. The molecule has 0 aliphatic carbocycles. The molecule has 0 bridgehead atoms. The first-order chi connectivity index (χ1) is 14.8. The number of carbonyl (C=O) groups is 6. The summed E-state index contributed by atoms with van der Waals surface area (Å²) in [4.78, 5) is 76.3. The third-order valence-electron chi connectivity index (χ3n) is 3.76. The van der Waals surface area contributed by atoms with Crippen LogP contribution < -0.4 is 10.6 Å². The lowest BCUT2D eigenvalue weighted by molar-refractivity contribution is -0.198. The van der Waals surface area contributed by atoms with E-state index in [9.17, 15) is 33.9 Å². The van der Waals surface area contributed by atoms with E-state index < -0.39 is 67.2 Å². The van der Waals surface area contributed by atoms with Crippen molar-refractivity contribution < 1.29 is 48.2 Å². The van der Waals surface area contributed by atoms with Crippen molar-refractivity contribution in [2.75, 3.05) is 33.3 Å². The van der Waals surface area contributed by atoms with Gasteiger partial charge in [0.2, 0.25) is 18.2 Å². The Morgan fingerprint density at radius 3 is 2.16 bits per heavy atom. The Hall–Kier alpha value is -3.10. The molecule has 1 heterocycles. The molecule has 0 saturated carbocycles. The third kappa shape index (κ3) is 9.80. The maximum atomic E-state index is 12.4. The molecule has 0 aromatic carbocycles. The molecule has 1 unspecified atom stereocenters. The van der Waals surface area contributed by atoms with E-state index in [4.69, 9.17) is 4.74 Å². The zero-order chi connectivity index (χ0) is 24.5. The first-order valence-corrected chi connectivity index (χ1v) is 9.59. The molecule has 1 aliphatic rings. The van der Waals surface area contributed by atoms with Crippen molar-refractivity contribution in [2.45, 2.75) is 45.6 Å². The minimum atomic E-state index is -1.42. The van der Waals surface area contributed by atoms with Gasteiger partial charge in [0.1, 0.15) is 13.1 Å². The summed E-state index contributed by atoms with van der Waals surface area (Å²) < 4.78 is 9.62. The maximum absolute atomic E-state index is 12.4. The molecule has 0 radical (unpaired) electrons. The van der Waals surface area contributed by atoms with E-state index in [1.54, 1.807) is 20.8 Å². The van der Waals surface area contributed by atoms with Crippen molar-refractivity contribution in [3.63, 3.8) is 0 Å². The number of esters is 1. The summed E-state index contributed by atoms with van der Waals surface area (Å²) in [6, 6.07) is 0. The number of nitrogens with zero attached hydrogens (tertiary/aromatic N) is 2. The average Bonchev–Trinajstić information content (AvgIpc) is 3.00. The second kappa shape index (κ2) is 12.1. The van der Waals surface area contributed by atoms with Gasteiger partial charge in [-0.2, -0.15) is 0 Å². The number of amides is 4. The molecule has 0 aromatic rings. The Morgan fingerprint density at radius 1 is 1.06 bits per heavy atom. The van der Waals surface area contributed by atoms with Gasteiger partial charge in [0, 0.05) is 12.8 Å². The van der Waals surface area contributed by atoms with Crippen LogP contribution >= 0.6 is 0 Å². The summed E-state index contributed by atoms with van der Waals surface area (Å²) in [5.41, 5.74) is -0.661. The van der Waals surface area contributed by atoms with Crippen LogP contribution in [0, 0.1) is 0 Å². The highest BCUT2D eigenvalue weighted by Gasteiger charge is 2.33. The minimum absolute atomic E-state index is 0.105. The van der Waals surface area contributed by atoms with E-state index in [2.05, 4.69) is 20.2 Å². The number of hydrogen-bond acceptors (Lipinski definition) is 11. The SMILES string of the molecule is COC(=O)CN(CC(=O)ON1C(=O)CCC1=O)C(=O)CNC(=O)CNC(O)OC(C)(C)C. The van der Waals surface area contributed by atoms with Gasteiger partial charge in [0.05, 0.1) is 25.8 Å². The molecule has 1 aliphatic heterocycles. The molecule has 180 valence electrons. The van der Waals surface area contributed by atoms with Crippen molar-refractivity contribution in [3.05, 3.63) is 0 Å². The molecule has 1 saturated heterocycles. The van der Waals surface area contributed by atoms with Crippen molar-refractivity contribution in [3.8, 4) is 0 Å². The number of aliphatic hydroxyl groups excluding tert-OH is 1. The molecule has 32 heavy (non-hydrogen) atoms. The van der Waals surface area contributed by atoms with Gasteiger partial charge in [-0.1, -0.05) is 0 Å². The molecular formula is C18H28N4O10. The summed E-state index contributed by atoms with van der Waals surface area (Å²) in [5.74, 6) is -4.91. The van der Waals surface area contributed by atoms with E-state index in [0.717, 1.165) is 12.0 Å². The molecule has 1 atom stereocenters. The van der Waals surface area contributed by atoms with Crippen molar-refractivity contribution in [1.82, 2.24) is 20.6 Å². The van der Waals surface area contributed by atoms with Gasteiger partial charge >= 0.3 is 11.9 Å². The number of hydrogen-bond donors (Lipinski definition) is 3. The van der Waals surface area contributed by atoms with Crippen LogP contribution in [0.3, 0.4) is 0 Å². The predicted octanol–water partition coefficient (Wildman–Crippen LogP) is -2.61. The molecule has 14 nitrogen and oxygen atoms in total. The van der Waals surface area contributed by atoms with Crippen molar-refractivity contribution in [1.29, 1.82) is 0 Å². The third-order valence-corrected chi connectivity index (χ3v) is 3.76. The fourth-order valence-electron chi connectivity index (χ4n) is 2.30. The monoisotopic (exact) mass is 460 g/mol. The number of methoxy groups -OCH3 is 1. The van der Waals surface area contributed by atoms with E-state index in [-0.39, 0.29) is 19.4 Å². The van der Waals surface area contributed by atoms with Gasteiger partial charge in [-0.3, -0.25) is 29.3 Å². The minimum Gasteiger partial charge on any atom is -0.468 e. The van der Waals surface area contributed by atoms with Crippen molar-refractivity contribution >= 4 is 35.6 Å². The fourth-order valence-corrected chi connectivity index (χ4v) is 2.30. The number of aliphatic hydroxyl groups is 1. The summed E-state index contributed by atoms with van der Waals surface area (Å²) in [6.07, 6.45) is -1.63. The van der Waals surface area contributed by atoms with Crippen LogP contribution in [0.2, 0.25) is 0 Å². The van der Waals surface area contributed by atoms with Gasteiger partial charge < -0.3 is 29.6 Å². The first-order valence-electron chi connectivity index (χ1n) is 9.59. The lowest BCUT2D eigenvalue weighted by atomic mass is 10.2. The van der Waals surface area contributed by atoms with Crippen LogP contribution in [-0.4, -0.2) is 95.9 Å². The first kappa shape index (κ1) is 26.9. The smallest absolute Gasteiger partial charge is 0.352 e. The van der Waals surface area contributed by atoms with Crippen LogP contribution in [0.1, 0.15) is 33.6 Å². The quantitative estimate of drug-likeness (QED) is 0.167. The van der Waals surface area contributed by atoms with Crippen LogP contribution in [0.4, 0.5) is 0 Å². The molecule has 14 heteroatoms. The zero-order valence-corrected chi connectivity index (χ0v) is 18.3. The lowest BCUT2D eigenvalue weighted by Crippen LogP contribution is -2.48. The van der Waals surface area contributed by atoms with Crippen LogP contribution in [0.25, 0.3) is 0 Å². The highest BCUT2D eigenvalue weighted by Crippen LogP contribution is 2.12. The molecule has 3 N–H and O–H groups in total.